The van der Waals surface area contributed by atoms with E-state index >= 15 is 0 Å². The van der Waals surface area contributed by atoms with Crippen LogP contribution >= 0.6 is 0 Å². The third-order valence-electron chi connectivity index (χ3n) is 16.9. The number of amides is 8. The molecule has 10 atom stereocenters. The van der Waals surface area contributed by atoms with Crippen LogP contribution in [0, 0.1) is 22.7 Å². The van der Waals surface area contributed by atoms with Crippen molar-refractivity contribution < 1.29 is 38.4 Å². The molecule has 2 fully saturated rings. The summed E-state index contributed by atoms with van der Waals surface area (Å²) in [6.45, 7) is 14.7. The van der Waals surface area contributed by atoms with E-state index in [4.69, 9.17) is 0 Å². The Morgan fingerprint density at radius 2 is 0.857 bits per heavy atom. The van der Waals surface area contributed by atoms with E-state index in [-0.39, 0.29) is 73.5 Å². The second-order valence-corrected chi connectivity index (χ2v) is 25.2. The van der Waals surface area contributed by atoms with E-state index in [1.165, 1.54) is 20.9 Å². The maximum Gasteiger partial charge on any atom is 0.251 e. The molecule has 0 unspecified atom stereocenters. The third-order valence-corrected chi connectivity index (χ3v) is 16.9. The van der Waals surface area contributed by atoms with Gasteiger partial charge in [-0.15, -0.1) is 0 Å². The van der Waals surface area contributed by atoms with E-state index in [0.29, 0.717) is 22.3 Å². The van der Waals surface area contributed by atoms with Crippen molar-refractivity contribution >= 4 is 47.3 Å². The lowest BCUT2D eigenvalue weighted by Gasteiger charge is -2.36. The molecular formula is C66H84N10O8. The molecule has 446 valence electrons. The Labute approximate surface area is 494 Å². The molecule has 0 spiro atoms. The molecule has 4 aromatic carbocycles. The number of aryl methyl sites for hydroxylation is 2. The molecule has 0 radical (unpaired) electrons. The minimum absolute atomic E-state index is 0.0605. The topological polar surface area (TPSA) is 239 Å². The molecule has 8 rings (SSSR count). The highest BCUT2D eigenvalue weighted by molar-refractivity contribution is 5.98. The highest BCUT2D eigenvalue weighted by atomic mass is 16.2. The van der Waals surface area contributed by atoms with Crippen LogP contribution in [0.2, 0.25) is 0 Å². The summed E-state index contributed by atoms with van der Waals surface area (Å²) in [6.07, 6.45) is 5.52. The maximum absolute atomic E-state index is 14.6. The first-order valence-corrected chi connectivity index (χ1v) is 29.6. The molecule has 0 aromatic heterocycles. The van der Waals surface area contributed by atoms with Gasteiger partial charge in [0.25, 0.3) is 11.8 Å². The van der Waals surface area contributed by atoms with Gasteiger partial charge in [-0.2, -0.15) is 0 Å². The smallest absolute Gasteiger partial charge is 0.251 e. The molecule has 2 aliphatic heterocycles. The van der Waals surface area contributed by atoms with Crippen molar-refractivity contribution in [2.75, 3.05) is 27.2 Å². The first-order valence-electron chi connectivity index (χ1n) is 29.6. The van der Waals surface area contributed by atoms with Crippen LogP contribution in [0.3, 0.4) is 0 Å². The Morgan fingerprint density at radius 1 is 0.500 bits per heavy atom. The van der Waals surface area contributed by atoms with Gasteiger partial charge >= 0.3 is 0 Å². The Hall–Kier alpha value is -7.88. The Balaban J connectivity index is 0.915. The summed E-state index contributed by atoms with van der Waals surface area (Å²) in [6, 6.07) is 23.2. The Morgan fingerprint density at radius 3 is 1.20 bits per heavy atom. The second-order valence-electron chi connectivity index (χ2n) is 25.2. The van der Waals surface area contributed by atoms with Crippen LogP contribution in [-0.4, -0.2) is 133 Å². The number of nitrogens with zero attached hydrogens (tertiary/aromatic N) is 2. The monoisotopic (exact) mass is 1140 g/mol. The van der Waals surface area contributed by atoms with E-state index in [9.17, 15) is 38.4 Å². The van der Waals surface area contributed by atoms with E-state index in [1.54, 1.807) is 76.5 Å². The van der Waals surface area contributed by atoms with Gasteiger partial charge in [-0.25, -0.2) is 0 Å². The van der Waals surface area contributed by atoms with E-state index in [0.717, 1.165) is 49.7 Å². The largest absolute Gasteiger partial charge is 0.347 e. The summed E-state index contributed by atoms with van der Waals surface area (Å²) in [5.41, 5.74) is 5.05. The third kappa shape index (κ3) is 14.9. The standard InChI is InChI=1S/C66H84N10O8/c1-39(67-9)57(77)73-55(65(3,4)5)63(83)75-37-47(35-53(75)61(81)71-51-23-15-19-43-17-11-13-21-49(43)51)69-59(79)45-31-27-41(28-32-45)25-26-42-29-33-46(34-30-42)60(80)70-48-36-54(62(82)72-52-24-16-20-44-18-12-14-22-50(44)52)76(38-48)64(84)56(66(6,7)8)74-58(78)40(2)68-10/h11-14,17-18,21-22,27-34,39-40,47-48,51-56,67-68H,15-16,19-20,23-24,35-38H2,1-10H3,(H,69,79)(H,70,80)(H,71,81)(H,72,82)(H,73,77)(H,74,78)/t39-,40-,47-,48-,51+,52+,53-,54-,55+,56+/m0/s1. The average molecular weight is 1150 g/mol. The molecule has 84 heavy (non-hydrogen) atoms. The summed E-state index contributed by atoms with van der Waals surface area (Å²) in [4.78, 5) is 115. The molecule has 2 aliphatic carbocycles. The lowest BCUT2D eigenvalue weighted by atomic mass is 9.85. The zero-order chi connectivity index (χ0) is 60.6. The van der Waals surface area contributed by atoms with Gasteiger partial charge in [0.05, 0.1) is 24.2 Å². The van der Waals surface area contributed by atoms with Crippen LogP contribution in [0.15, 0.2) is 97.1 Å². The van der Waals surface area contributed by atoms with Crippen LogP contribution in [-0.2, 0) is 41.6 Å². The number of hydrogen-bond donors (Lipinski definition) is 8. The van der Waals surface area contributed by atoms with Crippen molar-refractivity contribution in [2.45, 2.75) is 167 Å². The van der Waals surface area contributed by atoms with Gasteiger partial charge in [-0.1, -0.05) is 102 Å². The number of likely N-dealkylation sites (tertiary alicyclic amines) is 2. The summed E-state index contributed by atoms with van der Waals surface area (Å²) in [5, 5.41) is 24.3. The van der Waals surface area contributed by atoms with Crippen molar-refractivity contribution in [3.8, 4) is 11.8 Å². The number of likely N-dealkylation sites (N-methyl/N-ethyl adjacent to an activating group) is 2. The van der Waals surface area contributed by atoms with Crippen molar-refractivity contribution in [3.05, 3.63) is 142 Å². The number of carbonyl (C=O) groups is 8. The van der Waals surface area contributed by atoms with Crippen LogP contribution in [0.25, 0.3) is 0 Å². The molecule has 18 heteroatoms. The minimum atomic E-state index is -0.953. The summed E-state index contributed by atoms with van der Waals surface area (Å²) >= 11 is 0. The predicted molar refractivity (Wildman–Crippen MR) is 322 cm³/mol. The van der Waals surface area contributed by atoms with Crippen molar-refractivity contribution in [3.63, 3.8) is 0 Å². The zero-order valence-electron chi connectivity index (χ0n) is 50.2. The highest BCUT2D eigenvalue weighted by Gasteiger charge is 2.48. The Kier molecular flexibility index (Phi) is 19.8. The number of fused-ring (bicyclic) bond motifs is 2. The van der Waals surface area contributed by atoms with Crippen LogP contribution < -0.4 is 42.5 Å². The first-order chi connectivity index (χ1) is 39.9. The van der Waals surface area contributed by atoms with Crippen LogP contribution in [0.5, 0.6) is 0 Å². The lowest BCUT2D eigenvalue weighted by molar-refractivity contribution is -0.144. The zero-order valence-corrected chi connectivity index (χ0v) is 50.2. The van der Waals surface area contributed by atoms with Gasteiger partial charge in [-0.05, 0) is 161 Å². The number of carbonyl (C=O) groups excluding carboxylic acids is 8. The average Bonchev–Trinajstić information content (AvgIpc) is 3.58. The summed E-state index contributed by atoms with van der Waals surface area (Å²) in [5.74, 6) is 3.35. The van der Waals surface area contributed by atoms with Gasteiger partial charge in [-0.3, -0.25) is 38.4 Å². The highest BCUT2D eigenvalue weighted by Crippen LogP contribution is 2.34. The predicted octanol–water partition coefficient (Wildman–Crippen LogP) is 5.15. The lowest BCUT2D eigenvalue weighted by Crippen LogP contribution is -2.59. The van der Waals surface area contributed by atoms with Gasteiger partial charge in [0, 0.05) is 47.4 Å². The molecule has 2 heterocycles. The summed E-state index contributed by atoms with van der Waals surface area (Å²) < 4.78 is 0. The fourth-order valence-corrected chi connectivity index (χ4v) is 11.7. The van der Waals surface area contributed by atoms with E-state index < -0.39 is 71.0 Å². The number of rotatable bonds is 16. The van der Waals surface area contributed by atoms with Crippen LogP contribution in [0.4, 0.5) is 0 Å². The fourth-order valence-electron chi connectivity index (χ4n) is 11.7. The normalized spacial score (nSPS) is 21.6. The fraction of sp³-hybridized carbons (Fsp3) is 0.485. The first kappa shape index (κ1) is 62.2. The number of benzene rings is 4. The molecule has 8 N–H and O–H groups in total. The molecular weight excluding hydrogens is 1060 g/mol. The van der Waals surface area contributed by atoms with Gasteiger partial charge in [0.1, 0.15) is 24.2 Å². The van der Waals surface area contributed by atoms with Crippen molar-refractivity contribution in [2.24, 2.45) is 10.8 Å². The van der Waals surface area contributed by atoms with Crippen LogP contribution in [0.1, 0.15) is 160 Å². The molecule has 8 amide bonds. The number of hydrogen-bond acceptors (Lipinski definition) is 10. The van der Waals surface area contributed by atoms with Gasteiger partial charge in [0.15, 0.2) is 0 Å². The number of nitrogens with one attached hydrogen (secondary N) is 8. The second kappa shape index (κ2) is 26.8. The molecule has 0 saturated carbocycles. The maximum atomic E-state index is 14.6. The van der Waals surface area contributed by atoms with Gasteiger partial charge < -0.3 is 52.3 Å². The molecule has 18 nitrogen and oxygen atoms in total. The SMILES string of the molecule is CN[C@@H](C)C(=O)N[C@H](C(=O)N1C[C@@H](NC(=O)c2ccc(C#Cc3ccc(C(=O)N[C@H]4C[C@@H](C(=O)N[C@@H]5CCCc6ccccc65)N(C(=O)[C@@H](NC(=O)[C@H](C)NC)C(C)(C)C)C4)cc3)cc2)C[C@H]1C(=O)N[C@@H]1CCCc2ccccc21)C(C)(C)C. The van der Waals surface area contributed by atoms with E-state index in [2.05, 4.69) is 66.5 Å². The van der Waals surface area contributed by atoms with Gasteiger partial charge in [0.2, 0.25) is 35.4 Å². The Bertz CT molecular complexity index is 2950. The molecule has 2 saturated heterocycles. The molecule has 4 aromatic rings. The molecule has 0 bridgehead atoms. The summed E-state index contributed by atoms with van der Waals surface area (Å²) in [7, 11) is 3.33. The quantitative estimate of drug-likeness (QED) is 0.0687. The van der Waals surface area contributed by atoms with E-state index in [1.807, 2.05) is 77.9 Å². The van der Waals surface area contributed by atoms with Crippen molar-refractivity contribution in [1.29, 1.82) is 0 Å². The minimum Gasteiger partial charge on any atom is -0.347 e. The molecule has 4 aliphatic rings. The van der Waals surface area contributed by atoms with Crippen molar-refractivity contribution in [1.82, 2.24) is 52.3 Å².